The summed E-state index contributed by atoms with van der Waals surface area (Å²) in [7, 11) is 0. The van der Waals surface area contributed by atoms with E-state index in [-0.39, 0.29) is 18.1 Å². The molecule has 0 unspecified atom stereocenters. The van der Waals surface area contributed by atoms with Crippen LogP contribution in [0.2, 0.25) is 0 Å². The largest absolute Gasteiger partial charge is 0.353 e. The minimum atomic E-state index is -0.316. The van der Waals surface area contributed by atoms with E-state index in [1.165, 1.54) is 12.3 Å². The number of fused-ring (bicyclic) bond motifs is 1. The van der Waals surface area contributed by atoms with Gasteiger partial charge in [0.2, 0.25) is 5.91 Å². The van der Waals surface area contributed by atoms with Gasteiger partial charge in [-0.05, 0) is 25.0 Å². The second-order valence-corrected chi connectivity index (χ2v) is 4.36. The lowest BCUT2D eigenvalue weighted by Gasteiger charge is -1.99. The van der Waals surface area contributed by atoms with Gasteiger partial charge in [-0.3, -0.25) is 4.79 Å². The molecule has 1 saturated carbocycles. The second kappa shape index (κ2) is 3.84. The van der Waals surface area contributed by atoms with E-state index in [0.29, 0.717) is 17.4 Å². The summed E-state index contributed by atoms with van der Waals surface area (Å²) in [6.45, 7) is 0. The van der Waals surface area contributed by atoms with Gasteiger partial charge in [-0.25, -0.2) is 9.37 Å². The average molecular weight is 233 g/mol. The molecule has 5 heteroatoms. The van der Waals surface area contributed by atoms with Gasteiger partial charge >= 0.3 is 0 Å². The highest BCUT2D eigenvalue weighted by Gasteiger charge is 2.23. The molecular formula is C12H12FN3O. The minimum absolute atomic E-state index is 0.0172. The second-order valence-electron chi connectivity index (χ2n) is 4.36. The maximum absolute atomic E-state index is 13.0. The van der Waals surface area contributed by atoms with Gasteiger partial charge < -0.3 is 9.72 Å². The fraction of sp³-hybridized carbons (Fsp3) is 0.333. The molecule has 2 aromatic rings. The topological polar surface area (TPSA) is 46.4 Å². The maximum atomic E-state index is 13.0. The van der Waals surface area contributed by atoms with Crippen molar-refractivity contribution in [3.63, 3.8) is 0 Å². The van der Waals surface area contributed by atoms with Crippen molar-refractivity contribution in [3.8, 4) is 0 Å². The Kier molecular flexibility index (Phi) is 2.31. The zero-order valence-corrected chi connectivity index (χ0v) is 9.19. The number of imidazole rings is 1. The molecule has 3 rings (SSSR count). The van der Waals surface area contributed by atoms with Crippen molar-refractivity contribution in [2.45, 2.75) is 25.3 Å². The summed E-state index contributed by atoms with van der Waals surface area (Å²) in [6, 6.07) is 3.31. The number of hydrogen-bond donors (Lipinski definition) is 1. The lowest BCUT2D eigenvalue weighted by atomic mass is 10.3. The van der Waals surface area contributed by atoms with Gasteiger partial charge in [0.1, 0.15) is 11.5 Å². The Balaban J connectivity index is 1.77. The summed E-state index contributed by atoms with van der Waals surface area (Å²) in [5.74, 6) is -0.333. The molecule has 0 bridgehead atoms. The highest BCUT2D eigenvalue weighted by atomic mass is 19.1. The van der Waals surface area contributed by atoms with Crippen molar-refractivity contribution in [2.24, 2.45) is 0 Å². The van der Waals surface area contributed by atoms with E-state index >= 15 is 0 Å². The van der Waals surface area contributed by atoms with Crippen molar-refractivity contribution >= 4 is 11.6 Å². The Bertz CT molecular complexity index is 574. The first-order chi connectivity index (χ1) is 8.20. The molecule has 1 amide bonds. The molecule has 0 aliphatic heterocycles. The summed E-state index contributed by atoms with van der Waals surface area (Å²) in [5, 5.41) is 2.90. The van der Waals surface area contributed by atoms with Crippen LogP contribution in [0.4, 0.5) is 4.39 Å². The van der Waals surface area contributed by atoms with Crippen LogP contribution in [-0.2, 0) is 11.2 Å². The standard InChI is InChI=1S/C12H12FN3O/c13-8-1-4-11-14-10(7-16(11)6-8)5-12(17)15-9-2-3-9/h1,4,6-7,9H,2-3,5H2,(H,15,17). The third kappa shape index (κ3) is 2.27. The van der Waals surface area contributed by atoms with E-state index in [0.717, 1.165) is 12.8 Å². The van der Waals surface area contributed by atoms with Gasteiger partial charge in [0.15, 0.2) is 0 Å². The summed E-state index contributed by atoms with van der Waals surface area (Å²) in [6.07, 6.45) is 5.43. The van der Waals surface area contributed by atoms with Crippen LogP contribution in [0.25, 0.3) is 5.65 Å². The predicted molar refractivity (Wildman–Crippen MR) is 60.0 cm³/mol. The van der Waals surface area contributed by atoms with Gasteiger partial charge in [-0.1, -0.05) is 0 Å². The Labute approximate surface area is 97.5 Å². The highest BCUT2D eigenvalue weighted by molar-refractivity contribution is 5.78. The Morgan fingerprint density at radius 3 is 3.06 bits per heavy atom. The summed E-state index contributed by atoms with van der Waals surface area (Å²) in [5.41, 5.74) is 1.31. The maximum Gasteiger partial charge on any atom is 0.226 e. The quantitative estimate of drug-likeness (QED) is 0.868. The summed E-state index contributed by atoms with van der Waals surface area (Å²) < 4.78 is 14.6. The van der Waals surface area contributed by atoms with E-state index in [1.54, 1.807) is 16.7 Å². The van der Waals surface area contributed by atoms with Crippen LogP contribution in [0.1, 0.15) is 18.5 Å². The van der Waals surface area contributed by atoms with Gasteiger partial charge in [0.25, 0.3) is 0 Å². The monoisotopic (exact) mass is 233 g/mol. The van der Waals surface area contributed by atoms with E-state index in [2.05, 4.69) is 10.3 Å². The number of halogens is 1. The van der Waals surface area contributed by atoms with Crippen LogP contribution >= 0.6 is 0 Å². The molecule has 4 nitrogen and oxygen atoms in total. The molecule has 0 spiro atoms. The predicted octanol–water partition coefficient (Wildman–Crippen LogP) is 1.29. The number of nitrogens with one attached hydrogen (secondary N) is 1. The van der Waals surface area contributed by atoms with Gasteiger partial charge in [0.05, 0.1) is 12.1 Å². The zero-order chi connectivity index (χ0) is 11.8. The van der Waals surface area contributed by atoms with E-state index in [9.17, 15) is 9.18 Å². The average Bonchev–Trinajstić information content (AvgIpc) is 2.97. The fourth-order valence-electron chi connectivity index (χ4n) is 1.77. The first-order valence-electron chi connectivity index (χ1n) is 5.63. The lowest BCUT2D eigenvalue weighted by molar-refractivity contribution is -0.120. The van der Waals surface area contributed by atoms with Crippen LogP contribution in [0.3, 0.4) is 0 Å². The number of nitrogens with zero attached hydrogens (tertiary/aromatic N) is 2. The molecule has 0 radical (unpaired) electrons. The van der Waals surface area contributed by atoms with Crippen LogP contribution in [0.15, 0.2) is 24.5 Å². The molecule has 1 aliphatic rings. The molecule has 88 valence electrons. The molecular weight excluding hydrogens is 221 g/mol. The molecule has 1 N–H and O–H groups in total. The third-order valence-electron chi connectivity index (χ3n) is 2.75. The van der Waals surface area contributed by atoms with Crippen LogP contribution in [0.5, 0.6) is 0 Å². The normalized spacial score (nSPS) is 15.1. The number of amides is 1. The van der Waals surface area contributed by atoms with E-state index < -0.39 is 0 Å². The van der Waals surface area contributed by atoms with Gasteiger partial charge in [-0.15, -0.1) is 0 Å². The Morgan fingerprint density at radius 2 is 2.29 bits per heavy atom. The Morgan fingerprint density at radius 1 is 1.47 bits per heavy atom. The first kappa shape index (κ1) is 10.3. The smallest absolute Gasteiger partial charge is 0.226 e. The Hall–Kier alpha value is -1.91. The molecule has 0 saturated heterocycles. The number of aromatic nitrogens is 2. The molecule has 17 heavy (non-hydrogen) atoms. The number of rotatable bonds is 3. The van der Waals surface area contributed by atoms with Crippen molar-refractivity contribution in [1.82, 2.24) is 14.7 Å². The molecule has 1 fully saturated rings. The van der Waals surface area contributed by atoms with E-state index in [4.69, 9.17) is 0 Å². The fourth-order valence-corrected chi connectivity index (χ4v) is 1.77. The minimum Gasteiger partial charge on any atom is -0.353 e. The number of hydrogen-bond acceptors (Lipinski definition) is 2. The van der Waals surface area contributed by atoms with Crippen molar-refractivity contribution in [1.29, 1.82) is 0 Å². The SMILES string of the molecule is O=C(Cc1cn2cc(F)ccc2n1)NC1CC1. The van der Waals surface area contributed by atoms with Crippen molar-refractivity contribution in [2.75, 3.05) is 0 Å². The third-order valence-corrected chi connectivity index (χ3v) is 2.75. The molecule has 0 aromatic carbocycles. The van der Waals surface area contributed by atoms with Crippen molar-refractivity contribution < 1.29 is 9.18 Å². The molecule has 2 heterocycles. The zero-order valence-electron chi connectivity index (χ0n) is 9.19. The number of carbonyl (C=O) groups is 1. The van der Waals surface area contributed by atoms with Crippen molar-refractivity contribution in [3.05, 3.63) is 36.0 Å². The van der Waals surface area contributed by atoms with Gasteiger partial charge in [-0.2, -0.15) is 0 Å². The number of pyridine rings is 1. The number of carbonyl (C=O) groups excluding carboxylic acids is 1. The molecule has 2 aromatic heterocycles. The lowest BCUT2D eigenvalue weighted by Crippen LogP contribution is -2.27. The van der Waals surface area contributed by atoms with E-state index in [1.807, 2.05) is 0 Å². The van der Waals surface area contributed by atoms with Crippen LogP contribution in [-0.4, -0.2) is 21.3 Å². The highest BCUT2D eigenvalue weighted by Crippen LogP contribution is 2.18. The van der Waals surface area contributed by atoms with Crippen LogP contribution in [0, 0.1) is 5.82 Å². The molecule has 0 atom stereocenters. The molecule has 1 aliphatic carbocycles. The van der Waals surface area contributed by atoms with Gasteiger partial charge in [0, 0.05) is 18.4 Å². The van der Waals surface area contributed by atoms with Crippen LogP contribution < -0.4 is 5.32 Å². The summed E-state index contributed by atoms with van der Waals surface area (Å²) >= 11 is 0. The first-order valence-corrected chi connectivity index (χ1v) is 5.63. The summed E-state index contributed by atoms with van der Waals surface area (Å²) in [4.78, 5) is 15.8.